The molecular weight excluding hydrogens is 354 g/mol. The van der Waals surface area contributed by atoms with Gasteiger partial charge in [-0.05, 0) is 49.6 Å². The average molecular weight is 371 g/mol. The first-order valence-corrected chi connectivity index (χ1v) is 8.81. The van der Waals surface area contributed by atoms with Crippen molar-refractivity contribution in [1.82, 2.24) is 5.16 Å². The van der Waals surface area contributed by atoms with Crippen LogP contribution < -0.4 is 4.74 Å². The highest BCUT2D eigenvalue weighted by Crippen LogP contribution is 2.18. The number of hydrogen-bond donors (Lipinski definition) is 0. The number of carbonyl (C=O) groups is 2. The molecule has 2 aromatic heterocycles. The lowest BCUT2D eigenvalue weighted by Gasteiger charge is -2.07. The van der Waals surface area contributed by atoms with Crippen LogP contribution in [0.5, 0.6) is 5.75 Å². The molecule has 0 saturated carbocycles. The third-order valence-corrected chi connectivity index (χ3v) is 4.70. The highest BCUT2D eigenvalue weighted by molar-refractivity contribution is 7.12. The van der Waals surface area contributed by atoms with E-state index in [1.807, 2.05) is 13.8 Å². The molecule has 0 bridgehead atoms. The molecule has 0 aliphatic heterocycles. The minimum atomic E-state index is -0.549. The second kappa shape index (κ2) is 7.97. The largest absolute Gasteiger partial charge is 0.489 e. The van der Waals surface area contributed by atoms with Crippen LogP contribution in [0.2, 0.25) is 0 Å². The molecule has 0 saturated heterocycles. The van der Waals surface area contributed by atoms with Crippen molar-refractivity contribution in [3.63, 3.8) is 0 Å². The number of thiophene rings is 1. The summed E-state index contributed by atoms with van der Waals surface area (Å²) in [7, 11) is 0. The molecule has 26 heavy (non-hydrogen) atoms. The van der Waals surface area contributed by atoms with Crippen LogP contribution in [0.25, 0.3) is 0 Å². The number of hydrogen-bond acceptors (Lipinski definition) is 7. The first kappa shape index (κ1) is 17.9. The molecule has 0 amide bonds. The van der Waals surface area contributed by atoms with Gasteiger partial charge in [0.15, 0.2) is 6.61 Å². The van der Waals surface area contributed by atoms with Crippen molar-refractivity contribution >= 4 is 23.1 Å². The Morgan fingerprint density at radius 1 is 1.15 bits per heavy atom. The summed E-state index contributed by atoms with van der Waals surface area (Å²) in [5.41, 5.74) is 2.05. The van der Waals surface area contributed by atoms with Gasteiger partial charge in [-0.15, -0.1) is 11.3 Å². The predicted octanol–water partition coefficient (Wildman–Crippen LogP) is 3.97. The number of nitrogens with zero attached hydrogens (tertiary/aromatic N) is 1. The number of benzene rings is 1. The number of rotatable bonds is 7. The maximum absolute atomic E-state index is 12.0. The number of aromatic nitrogens is 1. The molecule has 0 atom stereocenters. The Labute approximate surface area is 154 Å². The van der Waals surface area contributed by atoms with Gasteiger partial charge < -0.3 is 14.0 Å². The molecule has 0 spiro atoms. The summed E-state index contributed by atoms with van der Waals surface area (Å²) in [6.45, 7) is 3.74. The molecule has 134 valence electrons. The van der Waals surface area contributed by atoms with Crippen LogP contribution in [0.3, 0.4) is 0 Å². The van der Waals surface area contributed by atoms with Crippen molar-refractivity contribution in [3.8, 4) is 5.75 Å². The van der Waals surface area contributed by atoms with E-state index in [1.54, 1.807) is 41.8 Å². The number of aryl methyl sites for hydroxylation is 2. The second-order valence-corrected chi connectivity index (χ2v) is 6.54. The van der Waals surface area contributed by atoms with Crippen molar-refractivity contribution < 1.29 is 23.6 Å². The van der Waals surface area contributed by atoms with E-state index in [0.29, 0.717) is 22.8 Å². The lowest BCUT2D eigenvalue weighted by Crippen LogP contribution is -2.13. The van der Waals surface area contributed by atoms with E-state index in [4.69, 9.17) is 14.0 Å². The summed E-state index contributed by atoms with van der Waals surface area (Å²) in [5.74, 6) is 0.564. The predicted molar refractivity (Wildman–Crippen MR) is 95.7 cm³/mol. The minimum absolute atomic E-state index is 0.215. The fraction of sp³-hybridized carbons (Fsp3) is 0.211. The molecule has 0 fully saturated rings. The van der Waals surface area contributed by atoms with E-state index in [9.17, 15) is 9.59 Å². The maximum atomic E-state index is 12.0. The topological polar surface area (TPSA) is 78.6 Å². The van der Waals surface area contributed by atoms with Crippen molar-refractivity contribution in [3.05, 3.63) is 69.2 Å². The highest BCUT2D eigenvalue weighted by atomic mass is 32.1. The van der Waals surface area contributed by atoms with Crippen LogP contribution in [0.4, 0.5) is 0 Å². The molecule has 3 aromatic rings. The third kappa shape index (κ3) is 4.18. The van der Waals surface area contributed by atoms with Crippen LogP contribution >= 0.6 is 11.3 Å². The van der Waals surface area contributed by atoms with Gasteiger partial charge in [-0.3, -0.25) is 4.79 Å². The zero-order valence-corrected chi connectivity index (χ0v) is 15.2. The van der Waals surface area contributed by atoms with Crippen molar-refractivity contribution in [2.24, 2.45) is 0 Å². The van der Waals surface area contributed by atoms with Gasteiger partial charge in [0, 0.05) is 0 Å². The fourth-order valence-electron chi connectivity index (χ4n) is 2.27. The quantitative estimate of drug-likeness (QED) is 0.462. The molecule has 0 N–H and O–H groups in total. The maximum Gasteiger partial charge on any atom is 0.338 e. The molecule has 0 radical (unpaired) electrons. The van der Waals surface area contributed by atoms with Crippen molar-refractivity contribution in [2.45, 2.75) is 20.5 Å². The molecule has 6 nitrogen and oxygen atoms in total. The molecular formula is C19H17NO5S. The first-order valence-electron chi connectivity index (χ1n) is 7.93. The summed E-state index contributed by atoms with van der Waals surface area (Å²) in [5, 5.41) is 5.68. The Kier molecular flexibility index (Phi) is 5.48. The summed E-state index contributed by atoms with van der Waals surface area (Å²) in [4.78, 5) is 24.5. The minimum Gasteiger partial charge on any atom is -0.489 e. The van der Waals surface area contributed by atoms with Gasteiger partial charge in [-0.25, -0.2) is 4.79 Å². The number of Topliss-reactive ketones (excluding diaryl/α,β-unsaturated/α-hetero) is 1. The molecule has 0 aliphatic carbocycles. The Morgan fingerprint density at radius 3 is 2.54 bits per heavy atom. The Balaban J connectivity index is 1.53. The third-order valence-electron chi connectivity index (χ3n) is 3.78. The number of carbonyl (C=O) groups excluding carboxylic acids is 2. The van der Waals surface area contributed by atoms with Gasteiger partial charge in [-0.2, -0.15) is 0 Å². The highest BCUT2D eigenvalue weighted by Gasteiger charge is 2.13. The Morgan fingerprint density at radius 2 is 1.92 bits per heavy atom. The van der Waals surface area contributed by atoms with Crippen LogP contribution in [0, 0.1) is 13.8 Å². The lowest BCUT2D eigenvalue weighted by atomic mass is 10.2. The fourth-order valence-corrected chi connectivity index (χ4v) is 2.92. The van der Waals surface area contributed by atoms with Crippen molar-refractivity contribution in [1.29, 1.82) is 0 Å². The Hall–Kier alpha value is -2.93. The smallest absolute Gasteiger partial charge is 0.338 e. The monoisotopic (exact) mass is 371 g/mol. The van der Waals surface area contributed by atoms with Crippen molar-refractivity contribution in [2.75, 3.05) is 6.61 Å². The summed E-state index contributed by atoms with van der Waals surface area (Å²) in [6.07, 6.45) is 0. The van der Waals surface area contributed by atoms with Gasteiger partial charge in [0.2, 0.25) is 5.78 Å². The van der Waals surface area contributed by atoms with Crippen LogP contribution in [-0.2, 0) is 11.3 Å². The van der Waals surface area contributed by atoms with E-state index < -0.39 is 5.97 Å². The molecule has 2 heterocycles. The molecule has 7 heteroatoms. The normalized spacial score (nSPS) is 10.5. The van der Waals surface area contributed by atoms with Crippen LogP contribution in [-0.4, -0.2) is 23.5 Å². The van der Waals surface area contributed by atoms with E-state index in [2.05, 4.69) is 5.16 Å². The molecule has 1 aromatic carbocycles. The van der Waals surface area contributed by atoms with Gasteiger partial charge in [0.1, 0.15) is 18.1 Å². The first-order chi connectivity index (χ1) is 12.5. The molecule has 0 aliphatic rings. The zero-order valence-electron chi connectivity index (χ0n) is 14.4. The SMILES string of the molecule is Cc1noc(C)c1COc1ccc(C(=O)OCC(=O)c2cccs2)cc1. The summed E-state index contributed by atoms with van der Waals surface area (Å²) in [6, 6.07) is 10.0. The zero-order chi connectivity index (χ0) is 18.5. The number of esters is 1. The van der Waals surface area contributed by atoms with Gasteiger partial charge in [0.25, 0.3) is 0 Å². The average Bonchev–Trinajstić information content (AvgIpc) is 3.29. The number of ether oxygens (including phenoxy) is 2. The van der Waals surface area contributed by atoms with E-state index in [-0.39, 0.29) is 12.4 Å². The van der Waals surface area contributed by atoms with E-state index in [1.165, 1.54) is 11.3 Å². The van der Waals surface area contributed by atoms with Gasteiger partial charge >= 0.3 is 5.97 Å². The van der Waals surface area contributed by atoms with Gasteiger partial charge in [0.05, 0.1) is 21.7 Å². The Bertz CT molecular complexity index is 877. The number of ketones is 1. The van der Waals surface area contributed by atoms with E-state index in [0.717, 1.165) is 17.0 Å². The second-order valence-electron chi connectivity index (χ2n) is 5.59. The summed E-state index contributed by atoms with van der Waals surface area (Å²) < 4.78 is 15.8. The summed E-state index contributed by atoms with van der Waals surface area (Å²) >= 11 is 1.32. The molecule has 0 unspecified atom stereocenters. The standard InChI is InChI=1S/C19H17NO5S/c1-12-16(13(2)25-20-12)10-23-15-7-5-14(6-8-15)19(22)24-11-17(21)18-4-3-9-26-18/h3-9H,10-11H2,1-2H3. The lowest BCUT2D eigenvalue weighted by molar-refractivity contribution is 0.0476. The van der Waals surface area contributed by atoms with Crippen LogP contribution in [0.1, 0.15) is 37.0 Å². The molecule has 3 rings (SSSR count). The van der Waals surface area contributed by atoms with Crippen LogP contribution in [0.15, 0.2) is 46.3 Å². The van der Waals surface area contributed by atoms with Gasteiger partial charge in [-0.1, -0.05) is 11.2 Å². The van der Waals surface area contributed by atoms with E-state index >= 15 is 0 Å².